The molecule has 1 rings (SSSR count). The van der Waals surface area contributed by atoms with E-state index in [0.717, 1.165) is 0 Å². The van der Waals surface area contributed by atoms with Gasteiger partial charge in [-0.25, -0.2) is 0 Å². The minimum Gasteiger partial charge on any atom is -0.0915 e. The normalized spacial score (nSPS) is 14.4. The second kappa shape index (κ2) is 6.96. The molecule has 0 saturated heterocycles. The molecule has 0 heterocycles. The maximum absolute atomic E-state index is 6.14. The third-order valence-corrected chi connectivity index (χ3v) is 7.47. The number of hydrogen-bond donors (Lipinski definition) is 0. The first-order chi connectivity index (χ1) is 9.14. The Hall–Kier alpha value is 2.41. The predicted octanol–water partition coefficient (Wildman–Crippen LogP) is 8.34. The van der Waals surface area contributed by atoms with E-state index in [2.05, 4.69) is 0 Å². The van der Waals surface area contributed by atoms with Crippen LogP contribution in [0.4, 0.5) is 0 Å². The van der Waals surface area contributed by atoms with Gasteiger partial charge in [-0.3, -0.25) is 0 Å². The van der Waals surface area contributed by atoms with Crippen LogP contribution in [-0.2, 0) is 8.67 Å². The number of rotatable bonds is 2. The van der Waals surface area contributed by atoms with E-state index in [1.54, 1.807) is 0 Å². The van der Waals surface area contributed by atoms with Gasteiger partial charge in [0, 0.05) is 10.6 Å². The molecule has 1 aromatic carbocycles. The Bertz CT molecular complexity index is 523. The maximum Gasteiger partial charge on any atom is 0.227 e. The van der Waals surface area contributed by atoms with Crippen molar-refractivity contribution in [3.8, 4) is 0 Å². The van der Waals surface area contributed by atoms with Crippen LogP contribution in [0.15, 0.2) is 18.2 Å². The minimum absolute atomic E-state index is 0.00495. The molecule has 21 heavy (non-hydrogen) atoms. The Kier molecular flexibility index (Phi) is 7.11. The largest absolute Gasteiger partial charge is 0.227 e. The van der Waals surface area contributed by atoms with Gasteiger partial charge in [0.2, 0.25) is 7.59 Å². The molecule has 0 nitrogen and oxygen atoms in total. The summed E-state index contributed by atoms with van der Waals surface area (Å²) in [6.07, 6.45) is 0. The van der Waals surface area contributed by atoms with E-state index in [0.29, 0.717) is 0 Å². The summed E-state index contributed by atoms with van der Waals surface area (Å²) >= 11 is 65.4. The van der Waals surface area contributed by atoms with Gasteiger partial charge in [-0.05, 0) is 11.6 Å². The first-order valence-corrected chi connectivity index (χ1v) is 8.98. The number of hydrogen-bond acceptors (Lipinski definition) is 0. The lowest BCUT2D eigenvalue weighted by Crippen LogP contribution is -2.35. The topological polar surface area (TPSA) is 0 Å². The Labute approximate surface area is 176 Å². The van der Waals surface area contributed by atoms with Crippen LogP contribution in [0.2, 0.25) is 5.02 Å². The van der Waals surface area contributed by atoms with Gasteiger partial charge < -0.3 is 0 Å². The average Bonchev–Trinajstić information content (AvgIpc) is 2.24. The number of alkyl halides is 10. The van der Waals surface area contributed by atoms with Crippen molar-refractivity contribution in [2.24, 2.45) is 0 Å². The molecule has 0 N–H and O–H groups in total. The summed E-state index contributed by atoms with van der Waals surface area (Å²) in [5.74, 6) is 0. The molecule has 0 amide bonds. The summed E-state index contributed by atoms with van der Waals surface area (Å²) in [4.78, 5) is 0. The average molecular weight is 513 g/mol. The monoisotopic (exact) mass is 508 g/mol. The zero-order chi connectivity index (χ0) is 16.9. The molecule has 0 aliphatic carbocycles. The first kappa shape index (κ1) is 21.5. The fourth-order valence-corrected chi connectivity index (χ4v) is 3.12. The van der Waals surface area contributed by atoms with Gasteiger partial charge in [-0.15, -0.1) is 0 Å². The number of benzene rings is 1. The van der Waals surface area contributed by atoms with Crippen molar-refractivity contribution in [1.29, 1.82) is 0 Å². The van der Waals surface area contributed by atoms with Crippen LogP contribution >= 0.6 is 128 Å². The van der Waals surface area contributed by atoms with E-state index in [1.165, 1.54) is 18.2 Å². The van der Waals surface area contributed by atoms with E-state index >= 15 is 0 Å². The summed E-state index contributed by atoms with van der Waals surface area (Å²) in [6, 6.07) is 4.34. The van der Waals surface area contributed by atoms with Crippen LogP contribution in [0, 0.1) is 0 Å². The molecule has 0 aliphatic rings. The molecule has 0 radical (unpaired) electrons. The van der Waals surface area contributed by atoms with E-state index in [9.17, 15) is 0 Å². The molecule has 0 saturated carbocycles. The molecule has 0 unspecified atom stereocenters. The van der Waals surface area contributed by atoms with Gasteiger partial charge in [0.15, 0.2) is 8.67 Å². The summed E-state index contributed by atoms with van der Waals surface area (Å²) in [6.45, 7) is 0. The maximum atomic E-state index is 6.14. The highest BCUT2D eigenvalue weighted by Gasteiger charge is 2.55. The second-order valence-electron chi connectivity index (χ2n) is 3.81. The highest BCUT2D eigenvalue weighted by atomic mass is 35.6. The van der Waals surface area contributed by atoms with Crippen molar-refractivity contribution in [2.45, 2.75) is 16.3 Å². The zero-order valence-corrected chi connectivity index (χ0v) is 17.7. The summed E-state index contributed by atoms with van der Waals surface area (Å²) in [7, 11) is 0. The molecule has 0 bridgehead atoms. The molecular weight excluding hydrogens is 510 g/mol. The van der Waals surface area contributed by atoms with Gasteiger partial charge in [-0.1, -0.05) is 140 Å². The first-order valence-electron chi connectivity index (χ1n) is 4.82. The van der Waals surface area contributed by atoms with E-state index in [4.69, 9.17) is 128 Å². The minimum atomic E-state index is -2.16. The molecule has 0 atom stereocenters. The SMILES string of the molecule is Clc1cccc(C(Cl)(Cl)C(Cl)(Cl)Cl)c1C(Cl)(Cl)C(Cl)(Cl)Cl. The van der Waals surface area contributed by atoms with Crippen LogP contribution in [0.1, 0.15) is 11.1 Å². The third kappa shape index (κ3) is 4.33. The molecule has 0 aromatic heterocycles. The Balaban J connectivity index is 3.71. The summed E-state index contributed by atoms with van der Waals surface area (Å²) in [5, 5.41) is 0.0313. The van der Waals surface area contributed by atoms with Gasteiger partial charge in [0.1, 0.15) is 0 Å². The van der Waals surface area contributed by atoms with Gasteiger partial charge in [0.05, 0.1) is 0 Å². The zero-order valence-electron chi connectivity index (χ0n) is 9.39. The smallest absolute Gasteiger partial charge is 0.0915 e. The van der Waals surface area contributed by atoms with Crippen LogP contribution in [0.5, 0.6) is 0 Å². The third-order valence-electron chi connectivity index (χ3n) is 2.38. The van der Waals surface area contributed by atoms with E-state index in [-0.39, 0.29) is 16.1 Å². The predicted molar refractivity (Wildman–Crippen MR) is 98.8 cm³/mol. The van der Waals surface area contributed by atoms with Crippen molar-refractivity contribution >= 4 is 128 Å². The Morgan fingerprint density at radius 1 is 0.619 bits per heavy atom. The molecular formula is C10H3Cl11. The molecule has 120 valence electrons. The van der Waals surface area contributed by atoms with Gasteiger partial charge >= 0.3 is 0 Å². The standard InChI is InChI=1S/C10H3Cl11/c11-5-3-1-2-4(7(12,13)9(16,17)18)6(5)8(14,15)10(19,20)21/h1-3H. The lowest BCUT2D eigenvalue weighted by atomic mass is 10.0. The van der Waals surface area contributed by atoms with E-state index < -0.39 is 16.3 Å². The van der Waals surface area contributed by atoms with Crippen LogP contribution in [0.25, 0.3) is 0 Å². The lowest BCUT2D eigenvalue weighted by molar-refractivity contribution is 0.802. The van der Waals surface area contributed by atoms with Crippen molar-refractivity contribution in [3.63, 3.8) is 0 Å². The van der Waals surface area contributed by atoms with Crippen molar-refractivity contribution in [1.82, 2.24) is 0 Å². The quantitative estimate of drug-likeness (QED) is 0.349. The lowest BCUT2D eigenvalue weighted by Gasteiger charge is -2.35. The Morgan fingerprint density at radius 3 is 1.43 bits per heavy atom. The highest BCUT2D eigenvalue weighted by molar-refractivity contribution is 6.76. The van der Waals surface area contributed by atoms with Crippen LogP contribution < -0.4 is 0 Å². The van der Waals surface area contributed by atoms with Gasteiger partial charge in [0.25, 0.3) is 0 Å². The second-order valence-corrected chi connectivity index (χ2v) is 11.4. The Morgan fingerprint density at radius 2 is 1.05 bits per heavy atom. The van der Waals surface area contributed by atoms with Gasteiger partial charge in [-0.2, -0.15) is 0 Å². The van der Waals surface area contributed by atoms with Crippen LogP contribution in [-0.4, -0.2) is 7.59 Å². The highest BCUT2D eigenvalue weighted by Crippen LogP contribution is 2.60. The van der Waals surface area contributed by atoms with Crippen molar-refractivity contribution in [3.05, 3.63) is 34.3 Å². The fraction of sp³-hybridized carbons (Fsp3) is 0.400. The van der Waals surface area contributed by atoms with Crippen LogP contribution in [0.3, 0.4) is 0 Å². The summed E-state index contributed by atoms with van der Waals surface area (Å²) < 4.78 is -8.44. The molecule has 0 fully saturated rings. The number of halogens is 11. The molecule has 1 aromatic rings. The fourth-order valence-electron chi connectivity index (χ4n) is 1.40. The van der Waals surface area contributed by atoms with Crippen molar-refractivity contribution < 1.29 is 0 Å². The van der Waals surface area contributed by atoms with Crippen molar-refractivity contribution in [2.75, 3.05) is 0 Å². The van der Waals surface area contributed by atoms with E-state index in [1.807, 2.05) is 0 Å². The molecule has 0 spiro atoms. The molecule has 11 heteroatoms. The molecule has 0 aliphatic heterocycles. The summed E-state index contributed by atoms with van der Waals surface area (Å²) in [5.41, 5.74) is -0.0824.